The summed E-state index contributed by atoms with van der Waals surface area (Å²) in [5, 5.41) is 10.0. The highest BCUT2D eigenvalue weighted by Crippen LogP contribution is 2.28. The molecule has 0 saturated carbocycles. The first-order chi connectivity index (χ1) is 15.0. The molecule has 2 rings (SSSR count). The highest BCUT2D eigenvalue weighted by Gasteiger charge is 2.08. The summed E-state index contributed by atoms with van der Waals surface area (Å²) in [6, 6.07) is 13.4. The predicted octanol–water partition coefficient (Wildman–Crippen LogP) is 3.78. The number of nitrogens with one attached hydrogen (secondary N) is 3. The average Bonchev–Trinajstić information content (AvgIpc) is 2.77. The van der Waals surface area contributed by atoms with Gasteiger partial charge in [-0.1, -0.05) is 29.8 Å². The van der Waals surface area contributed by atoms with E-state index >= 15 is 0 Å². The van der Waals surface area contributed by atoms with Gasteiger partial charge in [0.05, 0.1) is 13.7 Å². The minimum absolute atomic E-state index is 0. The highest BCUT2D eigenvalue weighted by atomic mass is 127. The highest BCUT2D eigenvalue weighted by molar-refractivity contribution is 14.0. The Labute approximate surface area is 212 Å². The zero-order valence-corrected chi connectivity index (χ0v) is 21.8. The summed E-state index contributed by atoms with van der Waals surface area (Å²) in [5.74, 6) is 1.66. The Morgan fingerprint density at radius 3 is 2.31 bits per heavy atom. The molecule has 0 atom stereocenters. The maximum Gasteiger partial charge on any atom is 0.257 e. The van der Waals surface area contributed by atoms with E-state index in [0.717, 1.165) is 36.1 Å². The fraction of sp³-hybridized carbons (Fsp3) is 0.391. The molecule has 7 nitrogen and oxygen atoms in total. The summed E-state index contributed by atoms with van der Waals surface area (Å²) in [6.45, 7) is 6.40. The summed E-state index contributed by atoms with van der Waals surface area (Å²) < 4.78 is 11.0. The first-order valence-electron chi connectivity index (χ1n) is 10.4. The molecule has 3 N–H and O–H groups in total. The summed E-state index contributed by atoms with van der Waals surface area (Å²) in [4.78, 5) is 16.2. The molecule has 9 heteroatoms. The van der Waals surface area contributed by atoms with E-state index < -0.39 is 0 Å². The fourth-order valence-corrected chi connectivity index (χ4v) is 2.94. The van der Waals surface area contributed by atoms with Gasteiger partial charge in [0.15, 0.2) is 24.1 Å². The third kappa shape index (κ3) is 9.95. The van der Waals surface area contributed by atoms with Crippen LogP contribution in [0.3, 0.4) is 0 Å². The maximum absolute atomic E-state index is 11.6. The van der Waals surface area contributed by atoms with Crippen LogP contribution in [-0.2, 0) is 17.8 Å². The molecule has 0 aliphatic rings. The molecule has 2 aromatic rings. The molecular weight excluding hydrogens is 543 g/mol. The van der Waals surface area contributed by atoms with E-state index in [1.54, 1.807) is 13.2 Å². The van der Waals surface area contributed by atoms with E-state index in [-0.39, 0.29) is 36.5 Å². The summed E-state index contributed by atoms with van der Waals surface area (Å²) in [7, 11) is 1.57. The van der Waals surface area contributed by atoms with Crippen molar-refractivity contribution in [2.45, 2.75) is 26.8 Å². The van der Waals surface area contributed by atoms with Gasteiger partial charge in [0.1, 0.15) is 0 Å². The van der Waals surface area contributed by atoms with Crippen molar-refractivity contribution in [2.75, 3.05) is 33.4 Å². The van der Waals surface area contributed by atoms with E-state index in [0.29, 0.717) is 24.6 Å². The standard InChI is InChI=1S/C23H31ClN4O3.HI/c1-4-25-22(29)16-31-20-11-8-18(14-21(20)30-3)15-28-23(26-5-2)27-13-12-17-6-9-19(24)10-7-17;/h6-11,14H,4-5,12-13,15-16H2,1-3H3,(H,25,29)(H2,26,27,28);1H. The number of carbonyl (C=O) groups excluding carboxylic acids is 1. The second-order valence-corrected chi connectivity index (χ2v) is 7.16. The summed E-state index contributed by atoms with van der Waals surface area (Å²) in [5.41, 5.74) is 2.18. The number of aliphatic imine (C=N–C) groups is 1. The minimum Gasteiger partial charge on any atom is -0.493 e. The molecule has 0 aliphatic heterocycles. The van der Waals surface area contributed by atoms with Gasteiger partial charge >= 0.3 is 0 Å². The van der Waals surface area contributed by atoms with Crippen LogP contribution in [0.1, 0.15) is 25.0 Å². The Kier molecular flexibility index (Phi) is 13.5. The second-order valence-electron chi connectivity index (χ2n) is 6.73. The van der Waals surface area contributed by atoms with Crippen LogP contribution < -0.4 is 25.4 Å². The first-order valence-corrected chi connectivity index (χ1v) is 10.8. The fourth-order valence-electron chi connectivity index (χ4n) is 2.81. The molecule has 0 aromatic heterocycles. The van der Waals surface area contributed by atoms with Crippen molar-refractivity contribution in [3.05, 3.63) is 58.6 Å². The first kappa shape index (κ1) is 27.8. The lowest BCUT2D eigenvalue weighted by atomic mass is 10.1. The van der Waals surface area contributed by atoms with Crippen LogP contribution in [0.2, 0.25) is 5.02 Å². The van der Waals surface area contributed by atoms with Gasteiger partial charge < -0.3 is 25.4 Å². The van der Waals surface area contributed by atoms with Crippen molar-refractivity contribution in [1.29, 1.82) is 0 Å². The topological polar surface area (TPSA) is 84.0 Å². The van der Waals surface area contributed by atoms with Crippen molar-refractivity contribution in [1.82, 2.24) is 16.0 Å². The summed E-state index contributed by atoms with van der Waals surface area (Å²) in [6.07, 6.45) is 0.868. The molecule has 176 valence electrons. The van der Waals surface area contributed by atoms with Gasteiger partial charge in [-0.25, -0.2) is 4.99 Å². The number of hydrogen-bond acceptors (Lipinski definition) is 4. The van der Waals surface area contributed by atoms with E-state index in [9.17, 15) is 4.79 Å². The van der Waals surface area contributed by atoms with Crippen molar-refractivity contribution >= 4 is 47.4 Å². The third-order valence-electron chi connectivity index (χ3n) is 4.34. The molecule has 0 radical (unpaired) electrons. The number of hydrogen-bond donors (Lipinski definition) is 3. The van der Waals surface area contributed by atoms with Crippen molar-refractivity contribution in [2.24, 2.45) is 4.99 Å². The number of amides is 1. The lowest BCUT2D eigenvalue weighted by Gasteiger charge is -2.13. The molecular formula is C23H32ClIN4O3. The van der Waals surface area contributed by atoms with Crippen LogP contribution in [0.4, 0.5) is 0 Å². The van der Waals surface area contributed by atoms with Gasteiger partial charge in [-0.05, 0) is 55.7 Å². The number of rotatable bonds is 11. The molecule has 32 heavy (non-hydrogen) atoms. The molecule has 0 saturated heterocycles. The molecule has 2 aromatic carbocycles. The van der Waals surface area contributed by atoms with E-state index in [2.05, 4.69) is 20.9 Å². The maximum atomic E-state index is 11.6. The number of carbonyl (C=O) groups is 1. The lowest BCUT2D eigenvalue weighted by Crippen LogP contribution is -2.38. The average molecular weight is 575 g/mol. The molecule has 0 unspecified atom stereocenters. The van der Waals surface area contributed by atoms with E-state index in [1.807, 2.05) is 50.2 Å². The van der Waals surface area contributed by atoms with Gasteiger partial charge in [-0.3, -0.25) is 4.79 Å². The Balaban J connectivity index is 0.00000512. The van der Waals surface area contributed by atoms with Crippen LogP contribution in [0.25, 0.3) is 0 Å². The molecule has 0 aliphatic carbocycles. The number of benzene rings is 2. The molecule has 0 spiro atoms. The normalized spacial score (nSPS) is 10.7. The summed E-state index contributed by atoms with van der Waals surface area (Å²) >= 11 is 5.93. The zero-order valence-electron chi connectivity index (χ0n) is 18.7. The van der Waals surface area contributed by atoms with E-state index in [1.165, 1.54) is 5.56 Å². The monoisotopic (exact) mass is 574 g/mol. The number of halogens is 2. The van der Waals surface area contributed by atoms with Crippen LogP contribution in [-0.4, -0.2) is 45.2 Å². The van der Waals surface area contributed by atoms with Crippen LogP contribution in [0, 0.1) is 0 Å². The second kappa shape index (κ2) is 15.6. The van der Waals surface area contributed by atoms with Gasteiger partial charge in [-0.2, -0.15) is 0 Å². The Morgan fingerprint density at radius 2 is 1.66 bits per heavy atom. The van der Waals surface area contributed by atoms with Gasteiger partial charge in [0, 0.05) is 24.7 Å². The molecule has 1 amide bonds. The van der Waals surface area contributed by atoms with Gasteiger partial charge in [0.25, 0.3) is 5.91 Å². The number of likely N-dealkylation sites (N-methyl/N-ethyl adjacent to an activating group) is 1. The largest absolute Gasteiger partial charge is 0.493 e. The molecule has 0 bridgehead atoms. The van der Waals surface area contributed by atoms with Gasteiger partial charge in [0.2, 0.25) is 0 Å². The number of ether oxygens (including phenoxy) is 2. The van der Waals surface area contributed by atoms with E-state index in [4.69, 9.17) is 21.1 Å². The smallest absolute Gasteiger partial charge is 0.257 e. The van der Waals surface area contributed by atoms with Crippen LogP contribution in [0.15, 0.2) is 47.5 Å². The number of nitrogens with zero attached hydrogens (tertiary/aromatic N) is 1. The van der Waals surface area contributed by atoms with Gasteiger partial charge in [-0.15, -0.1) is 24.0 Å². The van der Waals surface area contributed by atoms with Crippen molar-refractivity contribution in [3.63, 3.8) is 0 Å². The third-order valence-corrected chi connectivity index (χ3v) is 4.60. The quantitative estimate of drug-likeness (QED) is 0.216. The number of methoxy groups -OCH3 is 1. The SMILES string of the molecule is CCNC(=O)COc1ccc(CN=C(NCC)NCCc2ccc(Cl)cc2)cc1OC.I. The zero-order chi connectivity index (χ0) is 22.5. The van der Waals surface area contributed by atoms with Crippen LogP contribution >= 0.6 is 35.6 Å². The predicted molar refractivity (Wildman–Crippen MR) is 141 cm³/mol. The number of guanidine groups is 1. The Bertz CT molecular complexity index is 863. The van der Waals surface area contributed by atoms with Crippen molar-refractivity contribution in [3.8, 4) is 11.5 Å². The molecule has 0 fully saturated rings. The minimum atomic E-state index is -0.168. The Morgan fingerprint density at radius 1 is 0.969 bits per heavy atom. The molecule has 0 heterocycles. The Hall–Kier alpha value is -2.20. The van der Waals surface area contributed by atoms with Crippen LogP contribution in [0.5, 0.6) is 11.5 Å². The lowest BCUT2D eigenvalue weighted by molar-refractivity contribution is -0.123. The van der Waals surface area contributed by atoms with Crippen molar-refractivity contribution < 1.29 is 14.3 Å².